The van der Waals surface area contributed by atoms with Crippen LogP contribution in [0, 0.1) is 5.92 Å². The summed E-state index contributed by atoms with van der Waals surface area (Å²) >= 11 is 0. The van der Waals surface area contributed by atoms with Gasteiger partial charge in [0.25, 0.3) is 0 Å². The van der Waals surface area contributed by atoms with E-state index in [4.69, 9.17) is 24.7 Å². The van der Waals surface area contributed by atoms with Gasteiger partial charge in [0.2, 0.25) is 0 Å². The lowest BCUT2D eigenvalue weighted by molar-refractivity contribution is -0.152. The van der Waals surface area contributed by atoms with Crippen LogP contribution in [0.3, 0.4) is 0 Å². The van der Waals surface area contributed by atoms with Gasteiger partial charge < -0.3 is 24.7 Å². The fourth-order valence-electron chi connectivity index (χ4n) is 4.00. The Balaban J connectivity index is 1.38. The molecule has 2 amide bonds. The van der Waals surface area contributed by atoms with Crippen molar-refractivity contribution in [3.63, 3.8) is 0 Å². The van der Waals surface area contributed by atoms with Gasteiger partial charge in [-0.1, -0.05) is 74.5 Å². The Morgan fingerprint density at radius 2 is 1.43 bits per heavy atom. The maximum Gasteiger partial charge on any atom is 0.420 e. The molecule has 2 heterocycles. The van der Waals surface area contributed by atoms with Crippen LogP contribution in [0.5, 0.6) is 0 Å². The summed E-state index contributed by atoms with van der Waals surface area (Å²) in [6.45, 7) is 3.11. The number of fused-ring (bicyclic) bond motifs is 1. The molecule has 0 bridgehead atoms. The van der Waals surface area contributed by atoms with Gasteiger partial charge in [0.15, 0.2) is 11.5 Å². The molecule has 0 saturated heterocycles. The summed E-state index contributed by atoms with van der Waals surface area (Å²) in [5.41, 5.74) is 8.17. The Labute approximate surface area is 242 Å². The minimum Gasteiger partial charge on any atom is -0.462 e. The van der Waals surface area contributed by atoms with Gasteiger partial charge in [-0.2, -0.15) is 4.90 Å². The number of benzene rings is 2. The zero-order valence-electron chi connectivity index (χ0n) is 23.3. The number of amides is 2. The van der Waals surface area contributed by atoms with Crippen molar-refractivity contribution in [1.29, 1.82) is 0 Å². The largest absolute Gasteiger partial charge is 0.462 e. The van der Waals surface area contributed by atoms with E-state index in [-0.39, 0.29) is 39.0 Å². The zero-order chi connectivity index (χ0) is 29.9. The van der Waals surface area contributed by atoms with E-state index in [2.05, 4.69) is 15.0 Å². The van der Waals surface area contributed by atoms with Gasteiger partial charge in [0.05, 0.1) is 12.9 Å². The summed E-state index contributed by atoms with van der Waals surface area (Å²) in [6.07, 6.45) is 0.774. The van der Waals surface area contributed by atoms with E-state index in [0.29, 0.717) is 27.2 Å². The molecule has 0 fully saturated rings. The number of aromatic nitrogens is 4. The van der Waals surface area contributed by atoms with Crippen molar-refractivity contribution in [2.24, 2.45) is 5.92 Å². The highest BCUT2D eigenvalue weighted by Crippen LogP contribution is 2.18. The van der Waals surface area contributed by atoms with Crippen molar-refractivity contribution < 1.29 is 33.3 Å². The second-order valence-corrected chi connectivity index (χ2v) is 9.49. The van der Waals surface area contributed by atoms with E-state index in [1.807, 2.05) is 12.1 Å². The summed E-state index contributed by atoms with van der Waals surface area (Å²) in [5.74, 6) is -1.08. The standard InChI is InChI=1S/C29H32N6O7/c1-20(2)24(27(36)40-14-13-39-19-34-18-33-23-25(30)31-17-32-26(23)34)35(28(37)41-15-21-9-5-3-6-10-21)29(38)42-16-22-11-7-4-8-12-22/h3-12,17-18,20,24H,13-16,19H2,1-2H3,(H2,30,31,32)/t24-/m0/s1. The van der Waals surface area contributed by atoms with Crippen molar-refractivity contribution in [1.82, 2.24) is 24.4 Å². The van der Waals surface area contributed by atoms with Gasteiger partial charge in [-0.25, -0.2) is 29.3 Å². The van der Waals surface area contributed by atoms with E-state index in [9.17, 15) is 14.4 Å². The number of nitrogens with zero attached hydrogens (tertiary/aromatic N) is 5. The number of carbonyl (C=O) groups excluding carboxylic acids is 3. The van der Waals surface area contributed by atoms with Crippen LogP contribution >= 0.6 is 0 Å². The van der Waals surface area contributed by atoms with Crippen molar-refractivity contribution in [3.8, 4) is 0 Å². The molecule has 13 nitrogen and oxygen atoms in total. The van der Waals surface area contributed by atoms with Crippen molar-refractivity contribution in [2.75, 3.05) is 18.9 Å². The van der Waals surface area contributed by atoms with Crippen molar-refractivity contribution >= 4 is 35.1 Å². The van der Waals surface area contributed by atoms with Crippen molar-refractivity contribution in [2.45, 2.75) is 39.8 Å². The quantitative estimate of drug-likeness (QED) is 0.148. The number of carbonyl (C=O) groups is 3. The molecule has 0 spiro atoms. The second-order valence-electron chi connectivity index (χ2n) is 9.49. The summed E-state index contributed by atoms with van der Waals surface area (Å²) in [7, 11) is 0. The highest BCUT2D eigenvalue weighted by atomic mass is 16.6. The van der Waals surface area contributed by atoms with Gasteiger partial charge in [0.1, 0.15) is 44.4 Å². The van der Waals surface area contributed by atoms with E-state index in [1.54, 1.807) is 66.9 Å². The fourth-order valence-corrected chi connectivity index (χ4v) is 4.00. The number of hydrogen-bond acceptors (Lipinski definition) is 11. The predicted octanol–water partition coefficient (Wildman–Crippen LogP) is 3.93. The van der Waals surface area contributed by atoms with Crippen LogP contribution in [0.15, 0.2) is 73.3 Å². The Bertz CT molecular complexity index is 1420. The molecule has 0 saturated carbocycles. The Morgan fingerprint density at radius 3 is 2.00 bits per heavy atom. The first-order chi connectivity index (χ1) is 20.3. The zero-order valence-corrected chi connectivity index (χ0v) is 23.3. The van der Waals surface area contributed by atoms with E-state index in [1.165, 1.54) is 12.7 Å². The van der Waals surface area contributed by atoms with E-state index in [0.717, 1.165) is 0 Å². The molecule has 2 aromatic heterocycles. The summed E-state index contributed by atoms with van der Waals surface area (Å²) in [4.78, 5) is 52.5. The Kier molecular flexibility index (Phi) is 10.4. The first-order valence-corrected chi connectivity index (χ1v) is 13.2. The third kappa shape index (κ3) is 7.79. The van der Waals surface area contributed by atoms with Crippen LogP contribution in [-0.4, -0.2) is 61.8 Å². The molecule has 0 aliphatic carbocycles. The van der Waals surface area contributed by atoms with Crippen LogP contribution in [0.4, 0.5) is 15.4 Å². The highest BCUT2D eigenvalue weighted by Gasteiger charge is 2.40. The summed E-state index contributed by atoms with van der Waals surface area (Å²) in [5, 5.41) is 0. The predicted molar refractivity (Wildman–Crippen MR) is 150 cm³/mol. The summed E-state index contributed by atoms with van der Waals surface area (Å²) in [6, 6.07) is 16.6. The first kappa shape index (κ1) is 29.9. The van der Waals surface area contributed by atoms with E-state index < -0.39 is 30.1 Å². The Morgan fingerprint density at radius 1 is 0.833 bits per heavy atom. The van der Waals surface area contributed by atoms with Gasteiger partial charge in [-0.05, 0) is 17.0 Å². The van der Waals surface area contributed by atoms with Crippen LogP contribution in [-0.2, 0) is 43.7 Å². The molecule has 2 aromatic carbocycles. The molecule has 13 heteroatoms. The molecular formula is C29H32N6O7. The van der Waals surface area contributed by atoms with Crippen LogP contribution in [0.2, 0.25) is 0 Å². The SMILES string of the molecule is CC(C)[C@@H](C(=O)OCCOCn1cnc2c(N)ncnc21)N(C(=O)OCc1ccccc1)C(=O)OCc1ccccc1. The van der Waals surface area contributed by atoms with E-state index >= 15 is 0 Å². The third-order valence-corrected chi connectivity index (χ3v) is 6.09. The normalized spacial score (nSPS) is 11.7. The number of imidazole rings is 1. The lowest BCUT2D eigenvalue weighted by atomic mass is 10.0. The number of nitrogen functional groups attached to an aromatic ring is 1. The molecule has 4 aromatic rings. The second kappa shape index (κ2) is 14.6. The number of anilines is 1. The maximum atomic E-state index is 13.2. The smallest absolute Gasteiger partial charge is 0.420 e. The molecule has 0 aliphatic rings. The first-order valence-electron chi connectivity index (χ1n) is 13.2. The fraction of sp³-hybridized carbons (Fsp3) is 0.310. The molecule has 4 rings (SSSR count). The molecule has 220 valence electrons. The minimum atomic E-state index is -1.31. The summed E-state index contributed by atoms with van der Waals surface area (Å²) < 4.78 is 23.4. The molecule has 0 unspecified atom stereocenters. The van der Waals surface area contributed by atoms with Crippen molar-refractivity contribution in [3.05, 3.63) is 84.4 Å². The molecule has 0 radical (unpaired) electrons. The topological polar surface area (TPSA) is 161 Å². The lowest BCUT2D eigenvalue weighted by Crippen LogP contribution is -2.52. The highest BCUT2D eigenvalue weighted by molar-refractivity contribution is 5.94. The lowest BCUT2D eigenvalue weighted by Gasteiger charge is -2.29. The number of hydrogen-bond donors (Lipinski definition) is 1. The monoisotopic (exact) mass is 576 g/mol. The molecule has 42 heavy (non-hydrogen) atoms. The molecule has 1 atom stereocenters. The van der Waals surface area contributed by atoms with Gasteiger partial charge in [-0.3, -0.25) is 4.57 Å². The van der Waals surface area contributed by atoms with Crippen LogP contribution < -0.4 is 5.73 Å². The maximum absolute atomic E-state index is 13.2. The van der Waals surface area contributed by atoms with Crippen LogP contribution in [0.25, 0.3) is 11.2 Å². The third-order valence-electron chi connectivity index (χ3n) is 6.09. The number of rotatable bonds is 12. The number of imide groups is 1. The number of nitrogens with two attached hydrogens (primary N) is 1. The van der Waals surface area contributed by atoms with Crippen LogP contribution in [0.1, 0.15) is 25.0 Å². The number of ether oxygens (including phenoxy) is 4. The number of esters is 1. The van der Waals surface area contributed by atoms with Gasteiger partial charge >= 0.3 is 18.2 Å². The molecule has 0 aliphatic heterocycles. The minimum absolute atomic E-state index is 0.0215. The average Bonchev–Trinajstić information content (AvgIpc) is 3.42. The Hall–Kier alpha value is -5.04. The average molecular weight is 577 g/mol. The molecule has 2 N–H and O–H groups in total. The van der Waals surface area contributed by atoms with Gasteiger partial charge in [-0.15, -0.1) is 0 Å². The molecular weight excluding hydrogens is 544 g/mol. The van der Waals surface area contributed by atoms with Gasteiger partial charge in [0, 0.05) is 0 Å².